The normalized spacial score (nSPS) is 20.5. The molecular weight excluding hydrogens is 296 g/mol. The van der Waals surface area contributed by atoms with Gasteiger partial charge in [-0.3, -0.25) is 4.79 Å². The van der Waals surface area contributed by atoms with Gasteiger partial charge in [0, 0.05) is 25.2 Å². The van der Waals surface area contributed by atoms with Crippen LogP contribution in [0.4, 0.5) is 0 Å². The average molecular weight is 320 g/mol. The predicted octanol–water partition coefficient (Wildman–Crippen LogP) is 1.74. The molecule has 126 valence electrons. The number of benzene rings is 1. The van der Waals surface area contributed by atoms with E-state index < -0.39 is 0 Å². The van der Waals surface area contributed by atoms with Crippen LogP contribution < -0.4 is 14.2 Å². The summed E-state index contributed by atoms with van der Waals surface area (Å²) in [5.41, 5.74) is 0. The smallest absolute Gasteiger partial charge is 0.260 e. The molecule has 2 aliphatic heterocycles. The van der Waals surface area contributed by atoms with E-state index in [4.69, 9.17) is 14.2 Å². The average Bonchev–Trinajstić information content (AvgIpc) is 2.86. The molecule has 1 unspecified atom stereocenters. The van der Waals surface area contributed by atoms with Crippen molar-refractivity contribution in [2.45, 2.75) is 25.3 Å². The lowest BCUT2D eigenvalue weighted by Gasteiger charge is -2.23. The highest BCUT2D eigenvalue weighted by Crippen LogP contribution is 2.35. The van der Waals surface area contributed by atoms with Crippen LogP contribution in [-0.4, -0.2) is 62.3 Å². The Morgan fingerprint density at radius 3 is 2.91 bits per heavy atom. The SMILES string of the molecule is CN(C)C1CCCN(C(=O)COc2ccc3c(c2)OCO3)CC1. The Bertz CT molecular complexity index is 562. The van der Waals surface area contributed by atoms with Gasteiger partial charge in [0.25, 0.3) is 5.91 Å². The van der Waals surface area contributed by atoms with Gasteiger partial charge < -0.3 is 24.0 Å². The van der Waals surface area contributed by atoms with Crippen LogP contribution >= 0.6 is 0 Å². The molecule has 1 aromatic rings. The molecule has 0 N–H and O–H groups in total. The minimum Gasteiger partial charge on any atom is -0.484 e. The molecular formula is C17H24N2O4. The lowest BCUT2D eigenvalue weighted by Crippen LogP contribution is -2.36. The molecule has 0 radical (unpaired) electrons. The molecule has 1 saturated heterocycles. The van der Waals surface area contributed by atoms with Gasteiger partial charge in [-0.15, -0.1) is 0 Å². The van der Waals surface area contributed by atoms with Gasteiger partial charge in [0.1, 0.15) is 5.75 Å². The number of likely N-dealkylation sites (tertiary alicyclic amines) is 1. The maximum Gasteiger partial charge on any atom is 0.260 e. The number of carbonyl (C=O) groups is 1. The molecule has 1 atom stereocenters. The Morgan fingerprint density at radius 1 is 1.26 bits per heavy atom. The van der Waals surface area contributed by atoms with Gasteiger partial charge in [0.2, 0.25) is 6.79 Å². The third-order valence-electron chi connectivity index (χ3n) is 4.49. The first kappa shape index (κ1) is 15.9. The van der Waals surface area contributed by atoms with Crippen LogP contribution in [0.25, 0.3) is 0 Å². The number of carbonyl (C=O) groups excluding carboxylic acids is 1. The third-order valence-corrected chi connectivity index (χ3v) is 4.49. The van der Waals surface area contributed by atoms with Crippen molar-refractivity contribution in [2.75, 3.05) is 40.6 Å². The van der Waals surface area contributed by atoms with Gasteiger partial charge in [-0.1, -0.05) is 0 Å². The Morgan fingerprint density at radius 2 is 2.09 bits per heavy atom. The minimum atomic E-state index is 0.0436. The molecule has 6 heteroatoms. The van der Waals surface area contributed by atoms with Crippen LogP contribution in [0.15, 0.2) is 18.2 Å². The molecule has 23 heavy (non-hydrogen) atoms. The van der Waals surface area contributed by atoms with Crippen molar-refractivity contribution < 1.29 is 19.0 Å². The summed E-state index contributed by atoms with van der Waals surface area (Å²) in [4.78, 5) is 16.5. The molecule has 6 nitrogen and oxygen atoms in total. The first-order chi connectivity index (χ1) is 11.1. The second-order valence-electron chi connectivity index (χ2n) is 6.23. The van der Waals surface area contributed by atoms with Gasteiger partial charge >= 0.3 is 0 Å². The van der Waals surface area contributed by atoms with E-state index >= 15 is 0 Å². The van der Waals surface area contributed by atoms with Crippen molar-refractivity contribution in [3.63, 3.8) is 0 Å². The fourth-order valence-corrected chi connectivity index (χ4v) is 3.05. The molecule has 1 amide bonds. The zero-order valence-corrected chi connectivity index (χ0v) is 13.8. The third kappa shape index (κ3) is 3.88. The quantitative estimate of drug-likeness (QED) is 0.846. The lowest BCUT2D eigenvalue weighted by molar-refractivity contribution is -0.133. The molecule has 3 rings (SSSR count). The van der Waals surface area contributed by atoms with Crippen LogP contribution in [0, 0.1) is 0 Å². The van der Waals surface area contributed by atoms with E-state index in [0.717, 1.165) is 32.4 Å². The first-order valence-electron chi connectivity index (χ1n) is 8.10. The summed E-state index contributed by atoms with van der Waals surface area (Å²) < 4.78 is 16.2. The van der Waals surface area contributed by atoms with Crippen molar-refractivity contribution in [3.8, 4) is 17.2 Å². The predicted molar refractivity (Wildman–Crippen MR) is 86.0 cm³/mol. The number of ether oxygens (including phenoxy) is 3. The van der Waals surface area contributed by atoms with Gasteiger partial charge in [0.05, 0.1) is 0 Å². The molecule has 0 saturated carbocycles. The molecule has 2 heterocycles. The molecule has 1 aromatic carbocycles. The molecule has 1 fully saturated rings. The minimum absolute atomic E-state index is 0.0436. The summed E-state index contributed by atoms with van der Waals surface area (Å²) in [5, 5.41) is 0. The van der Waals surface area contributed by atoms with Gasteiger partial charge in [0.15, 0.2) is 18.1 Å². The number of hydrogen-bond acceptors (Lipinski definition) is 5. The van der Waals surface area contributed by atoms with E-state index in [1.54, 1.807) is 18.2 Å². The van der Waals surface area contributed by atoms with Crippen LogP contribution in [0.3, 0.4) is 0 Å². The maximum absolute atomic E-state index is 12.4. The summed E-state index contributed by atoms with van der Waals surface area (Å²) in [5.74, 6) is 2.05. The fraction of sp³-hybridized carbons (Fsp3) is 0.588. The number of hydrogen-bond donors (Lipinski definition) is 0. The van der Waals surface area contributed by atoms with Crippen LogP contribution in [0.5, 0.6) is 17.2 Å². The van der Waals surface area contributed by atoms with Gasteiger partial charge in [-0.25, -0.2) is 0 Å². The highest BCUT2D eigenvalue weighted by Gasteiger charge is 2.22. The summed E-state index contributed by atoms with van der Waals surface area (Å²) in [6.45, 7) is 1.91. The number of amides is 1. The molecule has 0 spiro atoms. The molecule has 0 aromatic heterocycles. The first-order valence-corrected chi connectivity index (χ1v) is 8.10. The summed E-state index contributed by atoms with van der Waals surface area (Å²) in [7, 11) is 4.20. The van der Waals surface area contributed by atoms with E-state index in [1.807, 2.05) is 4.90 Å². The highest BCUT2D eigenvalue weighted by molar-refractivity contribution is 5.77. The maximum atomic E-state index is 12.4. The van der Waals surface area contributed by atoms with Crippen molar-refractivity contribution in [1.82, 2.24) is 9.80 Å². The van der Waals surface area contributed by atoms with E-state index in [9.17, 15) is 4.79 Å². The number of rotatable bonds is 4. The van der Waals surface area contributed by atoms with Gasteiger partial charge in [-0.2, -0.15) is 0 Å². The number of nitrogens with zero attached hydrogens (tertiary/aromatic N) is 2. The van der Waals surface area contributed by atoms with Crippen LogP contribution in [0.1, 0.15) is 19.3 Å². The Labute approximate surface area is 136 Å². The monoisotopic (exact) mass is 320 g/mol. The lowest BCUT2D eigenvalue weighted by atomic mass is 10.1. The highest BCUT2D eigenvalue weighted by atomic mass is 16.7. The molecule has 0 bridgehead atoms. The Kier molecular flexibility index (Phi) is 4.91. The zero-order chi connectivity index (χ0) is 16.2. The largest absolute Gasteiger partial charge is 0.484 e. The fourth-order valence-electron chi connectivity index (χ4n) is 3.05. The van der Waals surface area contributed by atoms with Crippen LogP contribution in [0.2, 0.25) is 0 Å². The van der Waals surface area contributed by atoms with E-state index in [2.05, 4.69) is 19.0 Å². The van der Waals surface area contributed by atoms with E-state index in [1.165, 1.54) is 0 Å². The second-order valence-corrected chi connectivity index (χ2v) is 6.23. The second kappa shape index (κ2) is 7.08. The number of fused-ring (bicyclic) bond motifs is 1. The van der Waals surface area contributed by atoms with Crippen molar-refractivity contribution in [3.05, 3.63) is 18.2 Å². The van der Waals surface area contributed by atoms with Crippen LogP contribution in [-0.2, 0) is 4.79 Å². The standard InChI is InChI=1S/C17H24N2O4/c1-18(2)13-4-3-8-19(9-7-13)17(20)11-21-14-5-6-15-16(10-14)23-12-22-15/h5-6,10,13H,3-4,7-9,11-12H2,1-2H3. The van der Waals surface area contributed by atoms with Crippen molar-refractivity contribution >= 4 is 5.91 Å². The Balaban J connectivity index is 1.51. The van der Waals surface area contributed by atoms with E-state index in [0.29, 0.717) is 23.3 Å². The summed E-state index contributed by atoms with van der Waals surface area (Å²) in [6.07, 6.45) is 3.20. The van der Waals surface area contributed by atoms with Crippen molar-refractivity contribution in [2.24, 2.45) is 0 Å². The topological polar surface area (TPSA) is 51.2 Å². The molecule has 0 aliphatic carbocycles. The van der Waals surface area contributed by atoms with E-state index in [-0.39, 0.29) is 19.3 Å². The van der Waals surface area contributed by atoms with Crippen molar-refractivity contribution in [1.29, 1.82) is 0 Å². The van der Waals surface area contributed by atoms with Gasteiger partial charge in [-0.05, 0) is 45.5 Å². The molecule has 2 aliphatic rings. The summed E-state index contributed by atoms with van der Waals surface area (Å²) >= 11 is 0. The zero-order valence-electron chi connectivity index (χ0n) is 13.8. The Hall–Kier alpha value is -1.95. The summed E-state index contributed by atoms with van der Waals surface area (Å²) in [6, 6.07) is 5.92.